The van der Waals surface area contributed by atoms with E-state index >= 15 is 0 Å². The van der Waals surface area contributed by atoms with Crippen molar-refractivity contribution in [1.29, 1.82) is 0 Å². The van der Waals surface area contributed by atoms with E-state index in [0.29, 0.717) is 17.9 Å². The summed E-state index contributed by atoms with van der Waals surface area (Å²) in [7, 11) is 3.25. The fourth-order valence-electron chi connectivity index (χ4n) is 3.58. The number of carbonyl (C=O) groups is 1. The molecule has 0 spiro atoms. The van der Waals surface area contributed by atoms with Crippen LogP contribution in [0.1, 0.15) is 43.7 Å². The van der Waals surface area contributed by atoms with Gasteiger partial charge < -0.3 is 19.8 Å². The van der Waals surface area contributed by atoms with Gasteiger partial charge >= 0.3 is 0 Å². The third-order valence-corrected chi connectivity index (χ3v) is 5.21. The number of hydrogen-bond donors (Lipinski definition) is 2. The molecule has 1 heterocycles. The van der Waals surface area contributed by atoms with Gasteiger partial charge in [0.25, 0.3) is 0 Å². The molecule has 3 aromatic rings. The zero-order valence-electron chi connectivity index (χ0n) is 16.9. The second-order valence-corrected chi connectivity index (χ2v) is 7.01. The van der Waals surface area contributed by atoms with Gasteiger partial charge in [-0.2, -0.15) is 0 Å². The monoisotopic (exact) mass is 380 g/mol. The highest BCUT2D eigenvalue weighted by atomic mass is 16.5. The summed E-state index contributed by atoms with van der Waals surface area (Å²) >= 11 is 0. The molecule has 2 atom stereocenters. The largest absolute Gasteiger partial charge is 0.493 e. The number of benzene rings is 2. The maximum atomic E-state index is 12.8. The molecule has 2 N–H and O–H groups in total. The van der Waals surface area contributed by atoms with Crippen LogP contribution in [0.25, 0.3) is 10.9 Å². The first-order valence-electron chi connectivity index (χ1n) is 9.65. The molecule has 3 rings (SSSR count). The van der Waals surface area contributed by atoms with E-state index in [-0.39, 0.29) is 17.9 Å². The van der Waals surface area contributed by atoms with Gasteiger partial charge in [-0.15, -0.1) is 0 Å². The Hall–Kier alpha value is -2.95. The number of H-pyrrole nitrogens is 1. The molecule has 2 aromatic carbocycles. The van der Waals surface area contributed by atoms with Gasteiger partial charge in [-0.1, -0.05) is 37.3 Å². The zero-order valence-corrected chi connectivity index (χ0v) is 16.9. The van der Waals surface area contributed by atoms with Gasteiger partial charge in [0, 0.05) is 41.0 Å². The van der Waals surface area contributed by atoms with Gasteiger partial charge in [0.15, 0.2) is 11.5 Å². The van der Waals surface area contributed by atoms with Crippen LogP contribution in [0.2, 0.25) is 0 Å². The molecule has 5 heteroatoms. The molecule has 28 heavy (non-hydrogen) atoms. The van der Waals surface area contributed by atoms with Gasteiger partial charge in [-0.05, 0) is 31.0 Å². The lowest BCUT2D eigenvalue weighted by atomic mass is 9.87. The SMILES string of the molecule is CC[C@H](C)NC(=O)C[C@@H](c1cccc(OC)c1OC)c1c[nH]c2ccccc12. The number of carbonyl (C=O) groups excluding carboxylic acids is 1. The molecule has 0 saturated carbocycles. The average Bonchev–Trinajstić information content (AvgIpc) is 3.15. The Morgan fingerprint density at radius 2 is 1.86 bits per heavy atom. The second kappa shape index (κ2) is 8.83. The number of ether oxygens (including phenoxy) is 2. The van der Waals surface area contributed by atoms with Crippen molar-refractivity contribution in [3.8, 4) is 11.5 Å². The lowest BCUT2D eigenvalue weighted by Gasteiger charge is -2.22. The molecule has 0 bridgehead atoms. The highest BCUT2D eigenvalue weighted by Crippen LogP contribution is 2.41. The number of para-hydroxylation sites is 2. The van der Waals surface area contributed by atoms with Gasteiger partial charge in [-0.25, -0.2) is 0 Å². The van der Waals surface area contributed by atoms with Crippen molar-refractivity contribution in [2.75, 3.05) is 14.2 Å². The Morgan fingerprint density at radius 1 is 1.07 bits per heavy atom. The second-order valence-electron chi connectivity index (χ2n) is 7.01. The first-order valence-corrected chi connectivity index (χ1v) is 9.65. The summed E-state index contributed by atoms with van der Waals surface area (Å²) in [6, 6.07) is 14.1. The van der Waals surface area contributed by atoms with Crippen molar-refractivity contribution in [1.82, 2.24) is 10.3 Å². The lowest BCUT2D eigenvalue weighted by Crippen LogP contribution is -2.33. The third-order valence-electron chi connectivity index (χ3n) is 5.21. The first-order chi connectivity index (χ1) is 13.6. The Morgan fingerprint density at radius 3 is 2.57 bits per heavy atom. The van der Waals surface area contributed by atoms with E-state index < -0.39 is 0 Å². The minimum Gasteiger partial charge on any atom is -0.493 e. The van der Waals surface area contributed by atoms with E-state index in [1.807, 2.05) is 49.5 Å². The van der Waals surface area contributed by atoms with Crippen molar-refractivity contribution in [2.45, 2.75) is 38.6 Å². The maximum absolute atomic E-state index is 12.8. The van der Waals surface area contributed by atoms with Crippen LogP contribution in [0.4, 0.5) is 0 Å². The third kappa shape index (κ3) is 3.98. The molecule has 1 amide bonds. The van der Waals surface area contributed by atoms with E-state index in [1.54, 1.807) is 14.2 Å². The van der Waals surface area contributed by atoms with Gasteiger partial charge in [0.05, 0.1) is 14.2 Å². The van der Waals surface area contributed by atoms with Crippen LogP contribution >= 0.6 is 0 Å². The van der Waals surface area contributed by atoms with Gasteiger partial charge in [-0.3, -0.25) is 4.79 Å². The molecule has 0 saturated heterocycles. The molecule has 0 fully saturated rings. The van der Waals surface area contributed by atoms with E-state index in [1.165, 1.54) is 0 Å². The molecule has 1 aromatic heterocycles. The number of amides is 1. The Balaban J connectivity index is 2.09. The number of aromatic amines is 1. The standard InChI is InChI=1S/C23H28N2O3/c1-5-15(2)25-22(26)13-18(17-10-8-12-21(27-3)23(17)28-4)19-14-24-20-11-7-6-9-16(19)20/h6-12,14-15,18,24H,5,13H2,1-4H3,(H,25,26)/t15-,18-/m0/s1. The lowest BCUT2D eigenvalue weighted by molar-refractivity contribution is -0.121. The summed E-state index contributed by atoms with van der Waals surface area (Å²) in [4.78, 5) is 16.1. The molecule has 0 aliphatic rings. The minimum absolute atomic E-state index is 0.0227. The number of aromatic nitrogens is 1. The van der Waals surface area contributed by atoms with Crippen LogP contribution < -0.4 is 14.8 Å². The fourth-order valence-corrected chi connectivity index (χ4v) is 3.58. The van der Waals surface area contributed by atoms with Crippen LogP contribution in [-0.2, 0) is 4.79 Å². The molecule has 0 radical (unpaired) electrons. The summed E-state index contributed by atoms with van der Waals surface area (Å²) in [6.45, 7) is 4.08. The van der Waals surface area contributed by atoms with Crippen molar-refractivity contribution in [3.05, 3.63) is 59.8 Å². The van der Waals surface area contributed by atoms with Crippen molar-refractivity contribution < 1.29 is 14.3 Å². The molecule has 148 valence electrons. The summed E-state index contributed by atoms with van der Waals surface area (Å²) in [5, 5.41) is 4.19. The molecular weight excluding hydrogens is 352 g/mol. The fraction of sp³-hybridized carbons (Fsp3) is 0.348. The Kier molecular flexibility index (Phi) is 6.24. The summed E-state index contributed by atoms with van der Waals surface area (Å²) in [5.41, 5.74) is 3.05. The molecule has 0 aliphatic heterocycles. The van der Waals surface area contributed by atoms with Crippen molar-refractivity contribution in [3.63, 3.8) is 0 Å². The van der Waals surface area contributed by atoms with Crippen LogP contribution in [0.3, 0.4) is 0 Å². The minimum atomic E-state index is -0.162. The van der Waals surface area contributed by atoms with E-state index in [0.717, 1.165) is 28.5 Å². The summed E-state index contributed by atoms with van der Waals surface area (Å²) < 4.78 is 11.2. The van der Waals surface area contributed by atoms with Crippen LogP contribution in [-0.4, -0.2) is 31.2 Å². The highest BCUT2D eigenvalue weighted by Gasteiger charge is 2.26. The number of rotatable bonds is 8. The van der Waals surface area contributed by atoms with Crippen LogP contribution in [0.5, 0.6) is 11.5 Å². The Labute approximate surface area is 166 Å². The smallest absolute Gasteiger partial charge is 0.221 e. The normalized spacial score (nSPS) is 13.1. The van der Waals surface area contributed by atoms with Crippen molar-refractivity contribution in [2.24, 2.45) is 0 Å². The highest BCUT2D eigenvalue weighted by molar-refractivity contribution is 5.86. The van der Waals surface area contributed by atoms with E-state index in [9.17, 15) is 4.79 Å². The molecule has 0 aliphatic carbocycles. The predicted molar refractivity (Wildman–Crippen MR) is 112 cm³/mol. The summed E-state index contributed by atoms with van der Waals surface area (Å²) in [6.07, 6.45) is 3.21. The molecular formula is C23H28N2O3. The predicted octanol–water partition coefficient (Wildman–Crippen LogP) is 4.62. The van der Waals surface area contributed by atoms with E-state index in [4.69, 9.17) is 9.47 Å². The zero-order chi connectivity index (χ0) is 20.1. The topological polar surface area (TPSA) is 63.4 Å². The molecule has 0 unspecified atom stereocenters. The first kappa shape index (κ1) is 19.8. The Bertz CT molecular complexity index is 948. The van der Waals surface area contributed by atoms with Gasteiger partial charge in [0.2, 0.25) is 5.91 Å². The van der Waals surface area contributed by atoms with Crippen LogP contribution in [0, 0.1) is 0 Å². The number of methoxy groups -OCH3 is 2. The quantitative estimate of drug-likeness (QED) is 0.599. The summed E-state index contributed by atoms with van der Waals surface area (Å²) in [5.74, 6) is 1.18. The average molecular weight is 380 g/mol. The number of fused-ring (bicyclic) bond motifs is 1. The van der Waals surface area contributed by atoms with Crippen LogP contribution in [0.15, 0.2) is 48.7 Å². The number of nitrogens with one attached hydrogen (secondary N) is 2. The van der Waals surface area contributed by atoms with E-state index in [2.05, 4.69) is 23.3 Å². The number of hydrogen-bond acceptors (Lipinski definition) is 3. The van der Waals surface area contributed by atoms with Crippen molar-refractivity contribution >= 4 is 16.8 Å². The maximum Gasteiger partial charge on any atom is 0.221 e. The van der Waals surface area contributed by atoms with Gasteiger partial charge in [0.1, 0.15) is 0 Å². The molecule has 5 nitrogen and oxygen atoms in total.